The van der Waals surface area contributed by atoms with Crippen LogP contribution in [0.5, 0.6) is 28.7 Å². The van der Waals surface area contributed by atoms with Crippen LogP contribution in [-0.4, -0.2) is 39.2 Å². The molecule has 0 spiro atoms. The molecule has 1 atom stereocenters. The largest absolute Gasteiger partial charge is 0.493 e. The third-order valence-electron chi connectivity index (χ3n) is 4.93. The molecule has 8 nitrogen and oxygen atoms in total. The fraction of sp³-hybridized carbons (Fsp3) is 0.318. The molecule has 1 aromatic heterocycles. The molecule has 2 aliphatic rings. The van der Waals surface area contributed by atoms with Crippen molar-refractivity contribution >= 4 is 23.4 Å². The van der Waals surface area contributed by atoms with Crippen LogP contribution in [0.25, 0.3) is 11.0 Å². The van der Waals surface area contributed by atoms with Crippen LogP contribution in [0.1, 0.15) is 6.42 Å². The predicted molar refractivity (Wildman–Crippen MR) is 115 cm³/mol. The highest BCUT2D eigenvalue weighted by Crippen LogP contribution is 2.43. The van der Waals surface area contributed by atoms with E-state index in [2.05, 4.69) is 5.32 Å². The van der Waals surface area contributed by atoms with E-state index < -0.39 is 0 Å². The molecule has 0 saturated heterocycles. The highest BCUT2D eigenvalue weighted by atomic mass is 35.5. The molecular formula is C22H22ClNO7. The summed E-state index contributed by atoms with van der Waals surface area (Å²) < 4.78 is 33.6. The predicted octanol–water partition coefficient (Wildman–Crippen LogP) is 3.14. The van der Waals surface area contributed by atoms with Crippen molar-refractivity contribution < 1.29 is 28.1 Å². The maximum atomic E-state index is 11.7. The Kier molecular flexibility index (Phi) is 6.39. The van der Waals surface area contributed by atoms with Crippen molar-refractivity contribution in [3.63, 3.8) is 0 Å². The lowest BCUT2D eigenvalue weighted by Gasteiger charge is -2.27. The third-order valence-corrected chi connectivity index (χ3v) is 4.93. The molecular weight excluding hydrogens is 426 g/mol. The molecule has 9 heteroatoms. The minimum atomic E-state index is -0.0813. The van der Waals surface area contributed by atoms with Gasteiger partial charge in [-0.15, -0.1) is 12.4 Å². The lowest BCUT2D eigenvalue weighted by Crippen LogP contribution is -2.39. The highest BCUT2D eigenvalue weighted by Gasteiger charge is 2.25. The van der Waals surface area contributed by atoms with Gasteiger partial charge < -0.3 is 33.4 Å². The second-order valence-corrected chi connectivity index (χ2v) is 7.05. The molecule has 31 heavy (non-hydrogen) atoms. The van der Waals surface area contributed by atoms with Crippen molar-refractivity contribution in [2.24, 2.45) is 0 Å². The van der Waals surface area contributed by atoms with Gasteiger partial charge in [-0.3, -0.25) is 4.79 Å². The van der Waals surface area contributed by atoms with Gasteiger partial charge in [0.1, 0.15) is 24.0 Å². The molecule has 0 bridgehead atoms. The fourth-order valence-electron chi connectivity index (χ4n) is 3.41. The number of ether oxygens (including phenoxy) is 5. The van der Waals surface area contributed by atoms with Gasteiger partial charge in [0.05, 0.1) is 18.3 Å². The smallest absolute Gasteiger partial charge is 0.231 e. The summed E-state index contributed by atoms with van der Waals surface area (Å²) in [5.41, 5.74) is 0.462. The van der Waals surface area contributed by atoms with Crippen LogP contribution in [0.4, 0.5) is 0 Å². The van der Waals surface area contributed by atoms with Crippen molar-refractivity contribution in [1.29, 1.82) is 0 Å². The van der Waals surface area contributed by atoms with Crippen molar-refractivity contribution in [1.82, 2.24) is 5.32 Å². The first-order valence-corrected chi connectivity index (χ1v) is 9.84. The van der Waals surface area contributed by atoms with E-state index in [0.717, 1.165) is 13.0 Å². The van der Waals surface area contributed by atoms with Gasteiger partial charge in [0.15, 0.2) is 28.4 Å². The molecule has 3 heterocycles. The first-order valence-electron chi connectivity index (χ1n) is 9.84. The van der Waals surface area contributed by atoms with Gasteiger partial charge in [-0.2, -0.15) is 0 Å². The summed E-state index contributed by atoms with van der Waals surface area (Å²) in [6.45, 7) is 2.67. The Morgan fingerprint density at radius 1 is 1.00 bits per heavy atom. The summed E-state index contributed by atoms with van der Waals surface area (Å²) >= 11 is 0. The van der Waals surface area contributed by atoms with Gasteiger partial charge in [0.25, 0.3) is 0 Å². The molecule has 2 aromatic carbocycles. The molecule has 0 amide bonds. The van der Waals surface area contributed by atoms with Crippen LogP contribution in [0.2, 0.25) is 0 Å². The molecule has 0 aliphatic carbocycles. The molecule has 0 radical (unpaired) electrons. The number of rotatable bonds is 7. The van der Waals surface area contributed by atoms with Crippen molar-refractivity contribution in [3.8, 4) is 28.7 Å². The molecule has 2 aliphatic heterocycles. The fourth-order valence-corrected chi connectivity index (χ4v) is 3.41. The molecule has 5 rings (SSSR count). The third kappa shape index (κ3) is 4.65. The molecule has 1 unspecified atom stereocenters. The number of benzene rings is 2. The van der Waals surface area contributed by atoms with Crippen molar-refractivity contribution in [2.45, 2.75) is 12.5 Å². The Balaban J connectivity index is 0.00000231. The Hall–Kier alpha value is -3.10. The van der Waals surface area contributed by atoms with E-state index >= 15 is 0 Å². The first-order chi connectivity index (χ1) is 14.8. The van der Waals surface area contributed by atoms with Crippen LogP contribution in [0, 0.1) is 0 Å². The van der Waals surface area contributed by atoms with Gasteiger partial charge in [0, 0.05) is 30.8 Å². The topological polar surface area (TPSA) is 88.4 Å². The summed E-state index contributed by atoms with van der Waals surface area (Å²) in [6, 6.07) is 10.3. The van der Waals surface area contributed by atoms with E-state index in [-0.39, 0.29) is 30.7 Å². The second-order valence-electron chi connectivity index (χ2n) is 7.05. The van der Waals surface area contributed by atoms with E-state index in [9.17, 15) is 4.79 Å². The summed E-state index contributed by atoms with van der Waals surface area (Å²) in [5.74, 6) is 3.38. The number of hydrogen-bond donors (Lipinski definition) is 1. The molecule has 164 valence electrons. The second kappa shape index (κ2) is 9.36. The molecule has 1 N–H and O–H groups in total. The average Bonchev–Trinajstić information content (AvgIpc) is 3.22. The van der Waals surface area contributed by atoms with Crippen LogP contribution >= 0.6 is 12.4 Å². The Morgan fingerprint density at radius 2 is 1.81 bits per heavy atom. The molecule has 3 aromatic rings. The number of nitrogens with one attached hydrogen (secondary N) is 1. The van der Waals surface area contributed by atoms with E-state index in [1.54, 1.807) is 24.3 Å². The lowest BCUT2D eigenvalue weighted by molar-refractivity contribution is 0.0899. The highest BCUT2D eigenvalue weighted by molar-refractivity contribution is 5.85. The zero-order valence-electron chi connectivity index (χ0n) is 16.6. The van der Waals surface area contributed by atoms with E-state index in [1.807, 2.05) is 6.07 Å². The maximum Gasteiger partial charge on any atom is 0.231 e. The quantitative estimate of drug-likeness (QED) is 0.553. The minimum absolute atomic E-state index is 0. The lowest BCUT2D eigenvalue weighted by atomic mass is 10.2. The van der Waals surface area contributed by atoms with E-state index in [1.165, 1.54) is 12.3 Å². The number of fused-ring (bicyclic) bond motifs is 3. The van der Waals surface area contributed by atoms with Gasteiger partial charge in [-0.05, 0) is 25.1 Å². The molecule has 0 fully saturated rings. The average molecular weight is 448 g/mol. The van der Waals surface area contributed by atoms with Gasteiger partial charge in [-0.1, -0.05) is 0 Å². The maximum absolute atomic E-state index is 11.7. The Morgan fingerprint density at radius 3 is 2.68 bits per heavy atom. The zero-order valence-corrected chi connectivity index (χ0v) is 17.4. The summed E-state index contributed by atoms with van der Waals surface area (Å²) in [5, 5.41) is 3.91. The standard InChI is InChI=1S/C22H21NO7.ClH/c24-17-4-7-26-18-8-14(2-3-16(17)18)25-6-1-5-23-11-15-12-27-21-9-19-20(29-13-28-19)10-22(21)30-15;/h2-4,7-10,15,23H,1,5-6,11-13H2;1H. The Bertz CT molecular complexity index is 1120. The molecule has 0 saturated carbocycles. The van der Waals surface area contributed by atoms with Crippen LogP contribution in [0.15, 0.2) is 51.9 Å². The first kappa shape index (κ1) is 21.1. The van der Waals surface area contributed by atoms with Crippen LogP contribution in [-0.2, 0) is 0 Å². The number of halogens is 1. The monoisotopic (exact) mass is 447 g/mol. The van der Waals surface area contributed by atoms with Gasteiger partial charge in [0.2, 0.25) is 6.79 Å². The van der Waals surface area contributed by atoms with E-state index in [0.29, 0.717) is 59.5 Å². The summed E-state index contributed by atoms with van der Waals surface area (Å²) in [6.07, 6.45) is 2.13. The van der Waals surface area contributed by atoms with Gasteiger partial charge >= 0.3 is 0 Å². The minimum Gasteiger partial charge on any atom is -0.493 e. The van der Waals surface area contributed by atoms with Crippen molar-refractivity contribution in [3.05, 3.63) is 52.9 Å². The summed E-state index contributed by atoms with van der Waals surface area (Å²) in [7, 11) is 0. The SMILES string of the molecule is Cl.O=c1ccoc2cc(OCCCNCC3COc4cc5c(cc4O3)OCO5)ccc12. The Labute approximate surface area is 184 Å². The van der Waals surface area contributed by atoms with Gasteiger partial charge in [-0.25, -0.2) is 0 Å². The number of hydrogen-bond acceptors (Lipinski definition) is 8. The van der Waals surface area contributed by atoms with Crippen LogP contribution in [0.3, 0.4) is 0 Å². The van der Waals surface area contributed by atoms with Crippen molar-refractivity contribution in [2.75, 3.05) is 33.1 Å². The zero-order chi connectivity index (χ0) is 20.3. The van der Waals surface area contributed by atoms with Crippen LogP contribution < -0.4 is 34.4 Å². The normalized spacial score (nSPS) is 16.1. The van der Waals surface area contributed by atoms with E-state index in [4.69, 9.17) is 28.1 Å². The summed E-state index contributed by atoms with van der Waals surface area (Å²) in [4.78, 5) is 11.7.